The molecule has 3 N–H and O–H groups in total. The maximum absolute atomic E-state index is 12.1. The molecule has 2 rings (SSSR count). The molecular formula is C17H22N2O4. The zero-order valence-corrected chi connectivity index (χ0v) is 13.6. The van der Waals surface area contributed by atoms with Gasteiger partial charge in [-0.15, -0.1) is 0 Å². The van der Waals surface area contributed by atoms with Crippen LogP contribution in [-0.2, 0) is 14.4 Å². The Morgan fingerprint density at radius 2 is 1.87 bits per heavy atom. The summed E-state index contributed by atoms with van der Waals surface area (Å²) in [4.78, 5) is 35.0. The maximum Gasteiger partial charge on any atom is 0.309 e. The third-order valence-electron chi connectivity index (χ3n) is 3.91. The summed E-state index contributed by atoms with van der Waals surface area (Å²) in [7, 11) is 0. The molecule has 23 heavy (non-hydrogen) atoms. The van der Waals surface area contributed by atoms with Gasteiger partial charge in [-0.2, -0.15) is 0 Å². The number of carboxylic acids is 1. The number of hydrogen-bond acceptors (Lipinski definition) is 3. The molecule has 0 aliphatic heterocycles. The van der Waals surface area contributed by atoms with Gasteiger partial charge in [0.05, 0.1) is 5.41 Å². The van der Waals surface area contributed by atoms with Crippen LogP contribution in [0.25, 0.3) is 0 Å². The van der Waals surface area contributed by atoms with Crippen molar-refractivity contribution in [3.8, 4) is 0 Å². The fourth-order valence-corrected chi connectivity index (χ4v) is 2.10. The number of carbonyl (C=O) groups excluding carboxylic acids is 2. The molecule has 0 bridgehead atoms. The molecule has 0 atom stereocenters. The summed E-state index contributed by atoms with van der Waals surface area (Å²) < 4.78 is 0. The van der Waals surface area contributed by atoms with Gasteiger partial charge in [0, 0.05) is 23.7 Å². The van der Waals surface area contributed by atoms with E-state index in [1.807, 2.05) is 6.92 Å². The molecule has 1 saturated carbocycles. The fraction of sp³-hybridized carbons (Fsp3) is 0.471. The summed E-state index contributed by atoms with van der Waals surface area (Å²) in [5.41, 5.74) is 0.913. The second-order valence-electron chi connectivity index (χ2n) is 6.71. The Hall–Kier alpha value is -2.37. The molecule has 2 amide bonds. The highest BCUT2D eigenvalue weighted by molar-refractivity contribution is 5.97. The summed E-state index contributed by atoms with van der Waals surface area (Å²) in [6.07, 6.45) is 1.72. The lowest BCUT2D eigenvalue weighted by atomic mass is 9.89. The van der Waals surface area contributed by atoms with Crippen LogP contribution in [-0.4, -0.2) is 22.9 Å². The first-order valence-electron chi connectivity index (χ1n) is 7.64. The second kappa shape index (κ2) is 6.40. The molecule has 0 saturated heterocycles. The molecule has 0 unspecified atom stereocenters. The Morgan fingerprint density at radius 3 is 2.43 bits per heavy atom. The van der Waals surface area contributed by atoms with Crippen molar-refractivity contribution in [3.05, 3.63) is 23.8 Å². The van der Waals surface area contributed by atoms with E-state index in [1.54, 1.807) is 18.2 Å². The van der Waals surface area contributed by atoms with Crippen LogP contribution in [0.3, 0.4) is 0 Å². The predicted molar refractivity (Wildman–Crippen MR) is 87.2 cm³/mol. The van der Waals surface area contributed by atoms with E-state index in [0.29, 0.717) is 11.4 Å². The zero-order chi connectivity index (χ0) is 17.2. The van der Waals surface area contributed by atoms with Crippen molar-refractivity contribution in [1.82, 2.24) is 0 Å². The normalized spacial score (nSPS) is 14.2. The van der Waals surface area contributed by atoms with Gasteiger partial charge in [-0.05, 0) is 51.3 Å². The fourth-order valence-electron chi connectivity index (χ4n) is 2.10. The van der Waals surface area contributed by atoms with Crippen LogP contribution in [0.4, 0.5) is 11.4 Å². The minimum atomic E-state index is -1.13. The molecule has 0 heterocycles. The Bertz CT molecular complexity index is 648. The molecule has 0 spiro atoms. The van der Waals surface area contributed by atoms with Gasteiger partial charge in [0.15, 0.2) is 0 Å². The number of amides is 2. The van der Waals surface area contributed by atoms with E-state index in [4.69, 9.17) is 5.11 Å². The number of benzene rings is 1. The third-order valence-corrected chi connectivity index (χ3v) is 3.91. The molecule has 1 aromatic carbocycles. The molecule has 1 aromatic rings. The molecular weight excluding hydrogens is 296 g/mol. The standard InChI is InChI=1S/C17H22N2O4/c1-10-4-7-12(18-15(21)11-5-6-11)8-13(10)19-14(20)9-17(2,3)16(22)23/h4,7-8,11H,5-6,9H2,1-3H3,(H,18,21)(H,19,20)(H,22,23). The van der Waals surface area contributed by atoms with Crippen LogP contribution in [0, 0.1) is 18.3 Å². The molecule has 6 heteroatoms. The van der Waals surface area contributed by atoms with Crippen molar-refractivity contribution in [2.45, 2.75) is 40.0 Å². The van der Waals surface area contributed by atoms with Gasteiger partial charge in [-0.25, -0.2) is 0 Å². The van der Waals surface area contributed by atoms with Gasteiger partial charge in [0.25, 0.3) is 0 Å². The number of aryl methyl sites for hydroxylation is 1. The van der Waals surface area contributed by atoms with Gasteiger partial charge < -0.3 is 15.7 Å². The number of hydrogen-bond donors (Lipinski definition) is 3. The highest BCUT2D eigenvalue weighted by atomic mass is 16.4. The first-order chi connectivity index (χ1) is 10.7. The van der Waals surface area contributed by atoms with E-state index in [0.717, 1.165) is 18.4 Å². The van der Waals surface area contributed by atoms with E-state index in [2.05, 4.69) is 10.6 Å². The number of carboxylic acid groups (broad SMARTS) is 1. The van der Waals surface area contributed by atoms with Crippen molar-refractivity contribution < 1.29 is 19.5 Å². The van der Waals surface area contributed by atoms with Crippen molar-refractivity contribution in [2.75, 3.05) is 10.6 Å². The highest BCUT2D eigenvalue weighted by Crippen LogP contribution is 2.31. The maximum atomic E-state index is 12.1. The lowest BCUT2D eigenvalue weighted by Gasteiger charge is -2.19. The summed E-state index contributed by atoms with van der Waals surface area (Å²) in [5, 5.41) is 14.6. The largest absolute Gasteiger partial charge is 0.481 e. The zero-order valence-electron chi connectivity index (χ0n) is 13.6. The Balaban J connectivity index is 2.05. The number of aliphatic carboxylic acids is 1. The molecule has 1 fully saturated rings. The second-order valence-corrected chi connectivity index (χ2v) is 6.71. The summed E-state index contributed by atoms with van der Waals surface area (Å²) >= 11 is 0. The van der Waals surface area contributed by atoms with Crippen LogP contribution >= 0.6 is 0 Å². The van der Waals surface area contributed by atoms with Gasteiger partial charge in [0.2, 0.25) is 11.8 Å². The minimum absolute atomic E-state index is 0.00172. The third kappa shape index (κ3) is 4.55. The quantitative estimate of drug-likeness (QED) is 0.751. The molecule has 6 nitrogen and oxygen atoms in total. The number of nitrogens with one attached hydrogen (secondary N) is 2. The van der Waals surface area contributed by atoms with Crippen LogP contribution < -0.4 is 10.6 Å². The van der Waals surface area contributed by atoms with E-state index in [9.17, 15) is 14.4 Å². The van der Waals surface area contributed by atoms with E-state index < -0.39 is 11.4 Å². The average molecular weight is 318 g/mol. The molecule has 1 aliphatic carbocycles. The SMILES string of the molecule is Cc1ccc(NC(=O)C2CC2)cc1NC(=O)CC(C)(C)C(=O)O. The average Bonchev–Trinajstić information content (AvgIpc) is 3.26. The topological polar surface area (TPSA) is 95.5 Å². The summed E-state index contributed by atoms with van der Waals surface area (Å²) in [6.45, 7) is 4.85. The Kier molecular flexibility index (Phi) is 4.73. The van der Waals surface area contributed by atoms with Gasteiger partial charge >= 0.3 is 5.97 Å². The predicted octanol–water partition coefficient (Wildman–Crippen LogP) is 2.78. The van der Waals surface area contributed by atoms with E-state index >= 15 is 0 Å². The number of rotatable bonds is 6. The lowest BCUT2D eigenvalue weighted by Crippen LogP contribution is -2.29. The van der Waals surface area contributed by atoms with Crippen molar-refractivity contribution in [1.29, 1.82) is 0 Å². The lowest BCUT2D eigenvalue weighted by molar-refractivity contribution is -0.149. The van der Waals surface area contributed by atoms with Crippen LogP contribution in [0.2, 0.25) is 0 Å². The summed E-state index contributed by atoms with van der Waals surface area (Å²) in [5.74, 6) is -1.29. The summed E-state index contributed by atoms with van der Waals surface area (Å²) in [6, 6.07) is 5.29. The molecule has 124 valence electrons. The van der Waals surface area contributed by atoms with Gasteiger partial charge in [0.1, 0.15) is 0 Å². The van der Waals surface area contributed by atoms with E-state index in [1.165, 1.54) is 13.8 Å². The minimum Gasteiger partial charge on any atom is -0.481 e. The monoisotopic (exact) mass is 318 g/mol. The van der Waals surface area contributed by atoms with Crippen LogP contribution in [0.15, 0.2) is 18.2 Å². The number of carbonyl (C=O) groups is 3. The number of anilines is 2. The van der Waals surface area contributed by atoms with E-state index in [-0.39, 0.29) is 24.2 Å². The Labute approximate surface area is 135 Å². The van der Waals surface area contributed by atoms with Gasteiger partial charge in [-0.3, -0.25) is 14.4 Å². The smallest absolute Gasteiger partial charge is 0.309 e. The van der Waals surface area contributed by atoms with Crippen molar-refractivity contribution in [3.63, 3.8) is 0 Å². The van der Waals surface area contributed by atoms with Crippen LogP contribution in [0.1, 0.15) is 38.7 Å². The molecule has 0 radical (unpaired) electrons. The van der Waals surface area contributed by atoms with Crippen molar-refractivity contribution in [2.24, 2.45) is 11.3 Å². The first-order valence-corrected chi connectivity index (χ1v) is 7.64. The van der Waals surface area contributed by atoms with Crippen LogP contribution in [0.5, 0.6) is 0 Å². The van der Waals surface area contributed by atoms with Crippen molar-refractivity contribution >= 4 is 29.2 Å². The van der Waals surface area contributed by atoms with Gasteiger partial charge in [-0.1, -0.05) is 6.07 Å². The molecule has 1 aliphatic rings. The first kappa shape index (κ1) is 17.0. The Morgan fingerprint density at radius 1 is 1.22 bits per heavy atom. The highest BCUT2D eigenvalue weighted by Gasteiger charge is 2.31. The molecule has 0 aromatic heterocycles.